The second-order valence-corrected chi connectivity index (χ2v) is 1.02. The standard InChI is InChI=1S/C4H5NO.C2H6/c5-4-2-1-3-6-4;1-2/h1-3H,5H2;1-2H3. The molecule has 0 aliphatic rings. The monoisotopic (exact) mass is 113 g/mol. The third-order valence-electron chi connectivity index (χ3n) is 0.543. The van der Waals surface area contributed by atoms with Gasteiger partial charge in [0.1, 0.15) is 0 Å². The fraction of sp³-hybridized carbons (Fsp3) is 0.333. The highest BCUT2D eigenvalue weighted by atomic mass is 16.3. The summed E-state index contributed by atoms with van der Waals surface area (Å²) in [6.07, 6.45) is 1.54. The van der Waals surface area contributed by atoms with E-state index in [-0.39, 0.29) is 0 Å². The molecule has 46 valence electrons. The zero-order valence-electron chi connectivity index (χ0n) is 5.22. The molecule has 0 bridgehead atoms. The third kappa shape index (κ3) is 2.29. The molecular formula is C6H11NO. The average Bonchev–Trinajstić information content (AvgIpc) is 2.24. The van der Waals surface area contributed by atoms with E-state index in [0.29, 0.717) is 5.88 Å². The van der Waals surface area contributed by atoms with Crippen molar-refractivity contribution >= 4 is 5.88 Å². The van der Waals surface area contributed by atoms with Crippen LogP contribution in [0, 0.1) is 0 Å². The summed E-state index contributed by atoms with van der Waals surface area (Å²) in [5.74, 6) is 0.468. The van der Waals surface area contributed by atoms with Crippen LogP contribution in [0.25, 0.3) is 0 Å². The molecular weight excluding hydrogens is 102 g/mol. The van der Waals surface area contributed by atoms with Crippen molar-refractivity contribution in [3.05, 3.63) is 18.4 Å². The van der Waals surface area contributed by atoms with Gasteiger partial charge in [-0.05, 0) is 6.07 Å². The van der Waals surface area contributed by atoms with Crippen LogP contribution in [0.5, 0.6) is 0 Å². The lowest BCUT2D eigenvalue weighted by Crippen LogP contribution is -1.74. The first-order chi connectivity index (χ1) is 3.89. The van der Waals surface area contributed by atoms with E-state index in [1.807, 2.05) is 13.8 Å². The van der Waals surface area contributed by atoms with Crippen molar-refractivity contribution in [3.8, 4) is 0 Å². The Morgan fingerprint density at radius 1 is 1.50 bits per heavy atom. The second-order valence-electron chi connectivity index (χ2n) is 1.02. The third-order valence-corrected chi connectivity index (χ3v) is 0.543. The minimum Gasteiger partial charge on any atom is -0.449 e. The molecule has 2 N–H and O–H groups in total. The van der Waals surface area contributed by atoms with Crippen LogP contribution in [0.3, 0.4) is 0 Å². The minimum atomic E-state index is 0.468. The molecule has 1 heterocycles. The Morgan fingerprint density at radius 2 is 2.12 bits per heavy atom. The topological polar surface area (TPSA) is 39.2 Å². The van der Waals surface area contributed by atoms with Gasteiger partial charge in [0, 0.05) is 6.07 Å². The van der Waals surface area contributed by atoms with Gasteiger partial charge in [0.15, 0.2) is 5.88 Å². The SMILES string of the molecule is CC.Nc1ccco1. The molecule has 1 aromatic rings. The number of hydrogen-bond donors (Lipinski definition) is 1. The molecule has 0 amide bonds. The van der Waals surface area contributed by atoms with Crippen LogP contribution in [0.15, 0.2) is 22.8 Å². The molecule has 0 radical (unpaired) electrons. The summed E-state index contributed by atoms with van der Waals surface area (Å²) in [5.41, 5.74) is 5.11. The van der Waals surface area contributed by atoms with Crippen LogP contribution in [0.1, 0.15) is 13.8 Å². The van der Waals surface area contributed by atoms with Crippen molar-refractivity contribution in [3.63, 3.8) is 0 Å². The van der Waals surface area contributed by atoms with E-state index < -0.39 is 0 Å². The molecule has 8 heavy (non-hydrogen) atoms. The normalized spacial score (nSPS) is 7.25. The maximum Gasteiger partial charge on any atom is 0.190 e. The smallest absolute Gasteiger partial charge is 0.190 e. The Kier molecular flexibility index (Phi) is 3.76. The molecule has 0 aliphatic heterocycles. The zero-order valence-corrected chi connectivity index (χ0v) is 5.22. The van der Waals surface area contributed by atoms with Gasteiger partial charge in [-0.25, -0.2) is 0 Å². The van der Waals surface area contributed by atoms with Crippen molar-refractivity contribution < 1.29 is 4.42 Å². The van der Waals surface area contributed by atoms with Gasteiger partial charge in [0.25, 0.3) is 0 Å². The van der Waals surface area contributed by atoms with E-state index in [2.05, 4.69) is 4.42 Å². The van der Waals surface area contributed by atoms with Crippen LogP contribution < -0.4 is 5.73 Å². The summed E-state index contributed by atoms with van der Waals surface area (Å²) in [4.78, 5) is 0. The molecule has 0 fully saturated rings. The fourth-order valence-electron chi connectivity index (χ4n) is 0.291. The fourth-order valence-corrected chi connectivity index (χ4v) is 0.291. The lowest BCUT2D eigenvalue weighted by atomic mass is 10.6. The van der Waals surface area contributed by atoms with Crippen molar-refractivity contribution in [2.75, 3.05) is 5.73 Å². The first-order valence-electron chi connectivity index (χ1n) is 2.68. The van der Waals surface area contributed by atoms with E-state index in [4.69, 9.17) is 5.73 Å². The Bertz CT molecular complexity index is 112. The van der Waals surface area contributed by atoms with Crippen molar-refractivity contribution in [2.45, 2.75) is 13.8 Å². The van der Waals surface area contributed by atoms with Gasteiger partial charge in [-0.2, -0.15) is 0 Å². The molecule has 2 heteroatoms. The number of hydrogen-bond acceptors (Lipinski definition) is 2. The molecule has 0 unspecified atom stereocenters. The van der Waals surface area contributed by atoms with Gasteiger partial charge in [-0.3, -0.25) is 0 Å². The lowest BCUT2D eigenvalue weighted by Gasteiger charge is -1.70. The van der Waals surface area contributed by atoms with E-state index in [1.165, 1.54) is 6.26 Å². The van der Waals surface area contributed by atoms with Gasteiger partial charge < -0.3 is 10.2 Å². The van der Waals surface area contributed by atoms with Gasteiger partial charge >= 0.3 is 0 Å². The van der Waals surface area contributed by atoms with Gasteiger partial charge in [-0.1, -0.05) is 13.8 Å². The molecule has 1 rings (SSSR count). The Labute approximate surface area is 49.3 Å². The number of rotatable bonds is 0. The van der Waals surface area contributed by atoms with E-state index in [0.717, 1.165) is 0 Å². The summed E-state index contributed by atoms with van der Waals surface area (Å²) in [5, 5.41) is 0. The van der Waals surface area contributed by atoms with Crippen LogP contribution in [0.4, 0.5) is 5.88 Å². The molecule has 2 nitrogen and oxygen atoms in total. The van der Waals surface area contributed by atoms with Gasteiger partial charge in [-0.15, -0.1) is 0 Å². The van der Waals surface area contributed by atoms with E-state index >= 15 is 0 Å². The number of nitrogen functional groups attached to an aromatic ring is 1. The highest BCUT2D eigenvalue weighted by Gasteiger charge is 1.76. The van der Waals surface area contributed by atoms with E-state index in [1.54, 1.807) is 12.1 Å². The first kappa shape index (κ1) is 7.08. The Hall–Kier alpha value is -0.920. The number of nitrogens with two attached hydrogens (primary N) is 1. The van der Waals surface area contributed by atoms with Crippen LogP contribution in [-0.2, 0) is 0 Å². The number of anilines is 1. The molecule has 0 atom stereocenters. The molecule has 0 saturated carbocycles. The van der Waals surface area contributed by atoms with Gasteiger partial charge in [0.05, 0.1) is 6.26 Å². The molecule has 0 saturated heterocycles. The molecule has 0 aliphatic carbocycles. The lowest BCUT2D eigenvalue weighted by molar-refractivity contribution is 0.588. The van der Waals surface area contributed by atoms with Crippen molar-refractivity contribution in [1.82, 2.24) is 0 Å². The quantitative estimate of drug-likeness (QED) is 0.558. The summed E-state index contributed by atoms with van der Waals surface area (Å²) >= 11 is 0. The summed E-state index contributed by atoms with van der Waals surface area (Å²) < 4.78 is 4.61. The minimum absolute atomic E-state index is 0.468. The maximum atomic E-state index is 5.11. The Balaban J connectivity index is 0.000000222. The predicted octanol–water partition coefficient (Wildman–Crippen LogP) is 1.89. The van der Waals surface area contributed by atoms with Crippen LogP contribution >= 0.6 is 0 Å². The average molecular weight is 113 g/mol. The summed E-state index contributed by atoms with van der Waals surface area (Å²) in [6, 6.07) is 3.44. The highest BCUT2D eigenvalue weighted by molar-refractivity contribution is 5.20. The number of furan rings is 1. The van der Waals surface area contributed by atoms with Gasteiger partial charge in [0.2, 0.25) is 0 Å². The van der Waals surface area contributed by atoms with Crippen molar-refractivity contribution in [1.29, 1.82) is 0 Å². The zero-order chi connectivity index (χ0) is 6.41. The molecule has 0 spiro atoms. The van der Waals surface area contributed by atoms with Crippen molar-refractivity contribution in [2.24, 2.45) is 0 Å². The highest BCUT2D eigenvalue weighted by Crippen LogP contribution is 1.97. The molecule has 0 aromatic carbocycles. The maximum absolute atomic E-state index is 5.11. The van der Waals surface area contributed by atoms with Crippen LogP contribution in [0.2, 0.25) is 0 Å². The summed E-state index contributed by atoms with van der Waals surface area (Å²) in [6.45, 7) is 4.00. The summed E-state index contributed by atoms with van der Waals surface area (Å²) in [7, 11) is 0. The van der Waals surface area contributed by atoms with Crippen LogP contribution in [-0.4, -0.2) is 0 Å². The Morgan fingerprint density at radius 3 is 2.25 bits per heavy atom. The second kappa shape index (κ2) is 4.24. The first-order valence-corrected chi connectivity index (χ1v) is 2.68. The van der Waals surface area contributed by atoms with E-state index in [9.17, 15) is 0 Å². The molecule has 1 aromatic heterocycles. The predicted molar refractivity (Wildman–Crippen MR) is 34.5 cm³/mol. The largest absolute Gasteiger partial charge is 0.449 e.